The Morgan fingerprint density at radius 2 is 1.79 bits per heavy atom. The van der Waals surface area contributed by atoms with Crippen LogP contribution in [0.5, 0.6) is 0 Å². The molecule has 0 unspecified atom stereocenters. The number of amides is 3. The highest BCUT2D eigenvalue weighted by molar-refractivity contribution is 6.32. The molecule has 0 spiro atoms. The van der Waals surface area contributed by atoms with E-state index in [1.54, 1.807) is 31.2 Å². The molecule has 0 aliphatic heterocycles. The Balaban J connectivity index is 1.72. The van der Waals surface area contributed by atoms with E-state index in [1.165, 1.54) is 29.9 Å². The molecule has 0 saturated heterocycles. The van der Waals surface area contributed by atoms with Crippen molar-refractivity contribution in [2.45, 2.75) is 19.6 Å². The van der Waals surface area contributed by atoms with Crippen LogP contribution in [0, 0.1) is 6.92 Å². The van der Waals surface area contributed by atoms with Gasteiger partial charge in [0.05, 0.1) is 34.8 Å². The molecule has 3 amide bonds. The van der Waals surface area contributed by atoms with Gasteiger partial charge < -0.3 is 10.1 Å². The third-order valence-corrected chi connectivity index (χ3v) is 6.12. The molecule has 0 fully saturated rings. The first-order chi connectivity index (χ1) is 19.8. The Hall–Kier alpha value is -4.70. The number of nitrogens with one attached hydrogen (secondary N) is 2. The Labute approximate surface area is 245 Å². The molecule has 0 radical (unpaired) electrons. The van der Waals surface area contributed by atoms with Crippen LogP contribution in [0.25, 0.3) is 5.69 Å². The standard InChI is InChI=1S/C24H20Cl2F3N9O4/c1-12-8-13(25)9-15(20(39)33-36(2)23(41)42-3)19(12)30-21(40)18-10-14(11-37-34-22(31-35-37)24(27,28)29)32-38(18)17-7-5-4-6-16(17)26/h4-10H,11H2,1-3H3,(H,30,40)(H,33,39). The van der Waals surface area contributed by atoms with E-state index in [1.807, 2.05) is 0 Å². The number of alkyl halides is 3. The van der Waals surface area contributed by atoms with Gasteiger partial charge in [0.1, 0.15) is 12.2 Å². The highest BCUT2D eigenvalue weighted by Crippen LogP contribution is 2.28. The summed E-state index contributed by atoms with van der Waals surface area (Å²) in [6.45, 7) is 1.22. The van der Waals surface area contributed by atoms with Gasteiger partial charge >= 0.3 is 12.3 Å². The fourth-order valence-electron chi connectivity index (χ4n) is 3.71. The van der Waals surface area contributed by atoms with E-state index in [0.29, 0.717) is 10.4 Å². The van der Waals surface area contributed by atoms with Crippen molar-refractivity contribution in [2.24, 2.45) is 0 Å². The Kier molecular flexibility index (Phi) is 8.67. The second kappa shape index (κ2) is 12.0. The van der Waals surface area contributed by atoms with Gasteiger partial charge in [0, 0.05) is 12.1 Å². The lowest BCUT2D eigenvalue weighted by atomic mass is 10.1. The van der Waals surface area contributed by atoms with Crippen molar-refractivity contribution in [1.29, 1.82) is 0 Å². The van der Waals surface area contributed by atoms with Gasteiger partial charge in [0.2, 0.25) is 0 Å². The van der Waals surface area contributed by atoms with Crippen molar-refractivity contribution in [2.75, 3.05) is 19.5 Å². The second-order valence-electron chi connectivity index (χ2n) is 8.59. The summed E-state index contributed by atoms with van der Waals surface area (Å²) in [5.74, 6) is -2.99. The van der Waals surface area contributed by atoms with Gasteiger partial charge in [-0.3, -0.25) is 15.0 Å². The number of hydrogen-bond donors (Lipinski definition) is 2. The summed E-state index contributed by atoms with van der Waals surface area (Å²) in [5.41, 5.74) is 2.97. The highest BCUT2D eigenvalue weighted by Gasteiger charge is 2.37. The van der Waals surface area contributed by atoms with Gasteiger partial charge in [0.15, 0.2) is 0 Å². The minimum atomic E-state index is -4.80. The van der Waals surface area contributed by atoms with Gasteiger partial charge in [0.25, 0.3) is 17.6 Å². The molecule has 0 saturated carbocycles. The molecule has 2 aromatic heterocycles. The van der Waals surface area contributed by atoms with Crippen LogP contribution in [-0.4, -0.2) is 67.1 Å². The number of aryl methyl sites for hydroxylation is 1. The number of tetrazole rings is 1. The molecular weight excluding hydrogens is 606 g/mol. The van der Waals surface area contributed by atoms with E-state index in [2.05, 4.69) is 36.0 Å². The number of carbonyl (C=O) groups excluding carboxylic acids is 3. The SMILES string of the molecule is COC(=O)N(C)NC(=O)c1cc(Cl)cc(C)c1NC(=O)c1cc(Cn2nnc(C(F)(F)F)n2)nn1-c1ccccc1Cl. The number of halogens is 5. The van der Waals surface area contributed by atoms with Crippen molar-refractivity contribution < 1.29 is 32.3 Å². The van der Waals surface area contributed by atoms with Crippen LogP contribution >= 0.6 is 23.2 Å². The van der Waals surface area contributed by atoms with Gasteiger partial charge in [-0.15, -0.1) is 10.2 Å². The highest BCUT2D eigenvalue weighted by atomic mass is 35.5. The number of hydrogen-bond acceptors (Lipinski definition) is 8. The van der Waals surface area contributed by atoms with Crippen LogP contribution in [0.15, 0.2) is 42.5 Å². The lowest BCUT2D eigenvalue weighted by Gasteiger charge is -2.19. The predicted octanol–water partition coefficient (Wildman–Crippen LogP) is 4.14. The topological polar surface area (TPSA) is 149 Å². The molecule has 4 rings (SSSR count). The molecule has 4 aromatic rings. The number of rotatable bonds is 6. The molecule has 0 aliphatic rings. The van der Waals surface area contributed by atoms with Gasteiger partial charge in [-0.2, -0.15) is 23.1 Å². The first-order valence-corrected chi connectivity index (χ1v) is 12.5. The Morgan fingerprint density at radius 1 is 1.07 bits per heavy atom. The van der Waals surface area contributed by atoms with E-state index in [-0.39, 0.29) is 44.9 Å². The van der Waals surface area contributed by atoms with Crippen LogP contribution in [0.1, 0.15) is 37.9 Å². The smallest absolute Gasteiger partial charge is 0.452 e. The minimum Gasteiger partial charge on any atom is -0.452 e. The van der Waals surface area contributed by atoms with E-state index in [0.717, 1.165) is 12.1 Å². The first-order valence-electron chi connectivity index (χ1n) is 11.7. The van der Waals surface area contributed by atoms with Crippen molar-refractivity contribution >= 4 is 46.8 Å². The Morgan fingerprint density at radius 3 is 2.43 bits per heavy atom. The van der Waals surface area contributed by atoms with Crippen molar-refractivity contribution in [3.63, 3.8) is 0 Å². The largest absolute Gasteiger partial charge is 0.455 e. The van der Waals surface area contributed by atoms with Crippen molar-refractivity contribution in [3.05, 3.63) is 80.8 Å². The summed E-state index contributed by atoms with van der Waals surface area (Å²) in [7, 11) is 2.38. The predicted molar refractivity (Wildman–Crippen MR) is 142 cm³/mol. The van der Waals surface area contributed by atoms with E-state index in [9.17, 15) is 27.6 Å². The molecule has 13 nitrogen and oxygen atoms in total. The number of aromatic nitrogens is 6. The number of nitrogens with zero attached hydrogens (tertiary/aromatic N) is 7. The van der Waals surface area contributed by atoms with Crippen LogP contribution in [-0.2, 0) is 17.5 Å². The van der Waals surface area contributed by atoms with Gasteiger partial charge in [-0.05, 0) is 48.0 Å². The fourth-order valence-corrected chi connectivity index (χ4v) is 4.19. The maximum absolute atomic E-state index is 13.6. The summed E-state index contributed by atoms with van der Waals surface area (Å²) in [6.07, 6.45) is -5.65. The summed E-state index contributed by atoms with van der Waals surface area (Å²) in [5, 5.41) is 17.9. The number of benzene rings is 2. The normalized spacial score (nSPS) is 11.2. The average molecular weight is 626 g/mol. The Bertz CT molecular complexity index is 1670. The van der Waals surface area contributed by atoms with Gasteiger partial charge in [-0.25, -0.2) is 14.5 Å². The molecule has 220 valence electrons. The number of methoxy groups -OCH3 is 1. The average Bonchev–Trinajstić information content (AvgIpc) is 3.57. The molecule has 0 atom stereocenters. The summed E-state index contributed by atoms with van der Waals surface area (Å²) in [6, 6.07) is 10.5. The minimum absolute atomic E-state index is 0.0568. The zero-order valence-corrected chi connectivity index (χ0v) is 23.4. The lowest BCUT2D eigenvalue weighted by molar-refractivity contribution is -0.145. The molecule has 2 N–H and O–H groups in total. The zero-order valence-electron chi connectivity index (χ0n) is 21.9. The molecule has 0 aliphatic carbocycles. The van der Waals surface area contributed by atoms with E-state index < -0.39 is 29.9 Å². The monoisotopic (exact) mass is 625 g/mol. The first kappa shape index (κ1) is 30.3. The zero-order chi connectivity index (χ0) is 30.8. The number of ether oxygens (including phenoxy) is 1. The van der Waals surface area contributed by atoms with Crippen molar-refractivity contribution in [1.82, 2.24) is 40.4 Å². The number of para-hydroxylation sites is 1. The molecule has 42 heavy (non-hydrogen) atoms. The number of hydrazine groups is 1. The molecule has 0 bridgehead atoms. The summed E-state index contributed by atoms with van der Waals surface area (Å²) >= 11 is 12.5. The van der Waals surface area contributed by atoms with Crippen LogP contribution in [0.3, 0.4) is 0 Å². The number of carbonyl (C=O) groups is 3. The summed E-state index contributed by atoms with van der Waals surface area (Å²) < 4.78 is 44.5. The van der Waals surface area contributed by atoms with Crippen LogP contribution in [0.2, 0.25) is 10.0 Å². The molecule has 2 aromatic carbocycles. The maximum Gasteiger partial charge on any atom is 0.455 e. The van der Waals surface area contributed by atoms with Gasteiger partial charge in [-0.1, -0.05) is 35.3 Å². The lowest BCUT2D eigenvalue weighted by Crippen LogP contribution is -2.43. The summed E-state index contributed by atoms with van der Waals surface area (Å²) in [4.78, 5) is 39.1. The number of anilines is 1. The molecule has 2 heterocycles. The quantitative estimate of drug-likeness (QED) is 0.304. The molecular formula is C24H20Cl2F3N9O4. The second-order valence-corrected chi connectivity index (χ2v) is 9.44. The van der Waals surface area contributed by atoms with Crippen molar-refractivity contribution in [3.8, 4) is 5.69 Å². The maximum atomic E-state index is 13.6. The van der Waals surface area contributed by atoms with E-state index in [4.69, 9.17) is 23.2 Å². The van der Waals surface area contributed by atoms with E-state index >= 15 is 0 Å². The van der Waals surface area contributed by atoms with Crippen LogP contribution < -0.4 is 10.7 Å². The third-order valence-electron chi connectivity index (χ3n) is 5.58. The third kappa shape index (κ3) is 6.60. The fraction of sp³-hybridized carbons (Fsp3) is 0.208. The van der Waals surface area contributed by atoms with Crippen LogP contribution in [0.4, 0.5) is 23.7 Å². The molecule has 18 heteroatoms.